The largest absolute Gasteiger partial charge is 0.249 e. The van der Waals surface area contributed by atoms with Gasteiger partial charge in [0.15, 0.2) is 0 Å². The van der Waals surface area contributed by atoms with Crippen LogP contribution in [0, 0.1) is 0 Å². The van der Waals surface area contributed by atoms with E-state index in [1.54, 1.807) is 0 Å². The molecule has 0 amide bonds. The molecule has 0 unspecified atom stereocenters. The molecule has 0 aliphatic rings. The molecule has 25 heavy (non-hydrogen) atoms. The van der Waals surface area contributed by atoms with E-state index in [1.807, 2.05) is 12.1 Å². The van der Waals surface area contributed by atoms with E-state index in [9.17, 15) is 25.2 Å². The predicted octanol–water partition coefficient (Wildman–Crippen LogP) is 6.20. The summed E-state index contributed by atoms with van der Waals surface area (Å²) in [5.41, 5.74) is 2.50. The Kier molecular flexibility index (Phi) is 4.70. The Bertz CT molecular complexity index is 803. The molecular formula is C16H15F6N2P. The third-order valence-corrected chi connectivity index (χ3v) is 2.95. The van der Waals surface area contributed by atoms with Gasteiger partial charge in [-0.1, -0.05) is 48.5 Å². The molecule has 3 rings (SSSR count). The van der Waals surface area contributed by atoms with Gasteiger partial charge < -0.3 is 0 Å². The van der Waals surface area contributed by atoms with Gasteiger partial charge in [-0.25, -0.2) is 9.13 Å². The van der Waals surface area contributed by atoms with Gasteiger partial charge in [0.2, 0.25) is 6.33 Å². The maximum atomic E-state index is 9.87. The average Bonchev–Trinajstić information content (AvgIpc) is 2.95. The molecule has 0 aliphatic heterocycles. The number of hydrogen-bond donors (Lipinski definition) is 0. The molecule has 0 spiro atoms. The summed E-state index contributed by atoms with van der Waals surface area (Å²) in [6.07, 6.45) is 6.29. The third kappa shape index (κ3) is 8.91. The molecule has 9 heteroatoms. The van der Waals surface area contributed by atoms with E-state index in [2.05, 4.69) is 76.4 Å². The summed E-state index contributed by atoms with van der Waals surface area (Å²) < 4.78 is 63.5. The van der Waals surface area contributed by atoms with Crippen LogP contribution in [-0.2, 0) is 6.54 Å². The number of halogens is 6. The number of imidazole rings is 1. The fourth-order valence-corrected chi connectivity index (χ4v) is 2.03. The van der Waals surface area contributed by atoms with Crippen molar-refractivity contribution >= 4 is 7.81 Å². The number of benzene rings is 2. The van der Waals surface area contributed by atoms with Crippen LogP contribution >= 0.6 is 7.81 Å². The number of aromatic nitrogens is 2. The van der Waals surface area contributed by atoms with Crippen LogP contribution in [0.25, 0.3) is 5.69 Å². The van der Waals surface area contributed by atoms with Gasteiger partial charge in [0, 0.05) is 0 Å². The summed E-state index contributed by atoms with van der Waals surface area (Å²) >= 11 is 0. The maximum absolute atomic E-state index is 10.7. The second-order valence-corrected chi connectivity index (χ2v) is 7.19. The second-order valence-electron chi connectivity index (χ2n) is 5.27. The number of para-hydroxylation sites is 1. The normalized spacial score (nSPS) is 14.0. The quantitative estimate of drug-likeness (QED) is 0.291. The third-order valence-electron chi connectivity index (χ3n) is 2.95. The molecule has 136 valence electrons. The molecule has 1 heterocycles. The van der Waals surface area contributed by atoms with Crippen molar-refractivity contribution in [3.63, 3.8) is 0 Å². The predicted molar refractivity (Wildman–Crippen MR) is 85.1 cm³/mol. The van der Waals surface area contributed by atoms with Crippen molar-refractivity contribution in [3.8, 4) is 5.69 Å². The van der Waals surface area contributed by atoms with Crippen molar-refractivity contribution < 1.29 is 29.7 Å². The summed E-state index contributed by atoms with van der Waals surface area (Å²) in [5, 5.41) is 0. The molecule has 0 fully saturated rings. The van der Waals surface area contributed by atoms with Crippen molar-refractivity contribution in [1.82, 2.24) is 4.57 Å². The molecule has 0 radical (unpaired) electrons. The van der Waals surface area contributed by atoms with Gasteiger partial charge in [0.1, 0.15) is 24.6 Å². The van der Waals surface area contributed by atoms with Gasteiger partial charge in [-0.05, 0) is 17.7 Å². The van der Waals surface area contributed by atoms with E-state index in [0.29, 0.717) is 0 Å². The first-order valence-corrected chi connectivity index (χ1v) is 9.12. The van der Waals surface area contributed by atoms with E-state index in [4.69, 9.17) is 0 Å². The molecule has 0 atom stereocenters. The van der Waals surface area contributed by atoms with Gasteiger partial charge >= 0.3 is 33.0 Å². The molecule has 0 saturated heterocycles. The maximum Gasteiger partial charge on any atom is 0.249 e. The first kappa shape index (κ1) is 19.0. The molecule has 0 saturated carbocycles. The molecule has 2 aromatic carbocycles. The standard InChI is InChI=1S/C16H15N2.F6P/c1-3-7-15(8-4-1)13-17-11-12-18(14-17)16-9-5-2-6-10-16;1-7(2,3,4,5)6/h1-12,14H,13H2;/q+1;-1. The molecule has 3 aromatic rings. The Morgan fingerprint density at radius 3 is 1.76 bits per heavy atom. The number of hydrogen-bond acceptors (Lipinski definition) is 0. The Morgan fingerprint density at radius 2 is 1.24 bits per heavy atom. The van der Waals surface area contributed by atoms with Gasteiger partial charge in [-0.3, -0.25) is 0 Å². The van der Waals surface area contributed by atoms with E-state index in [-0.39, 0.29) is 0 Å². The van der Waals surface area contributed by atoms with Crippen LogP contribution in [0.15, 0.2) is 79.4 Å². The summed E-state index contributed by atoms with van der Waals surface area (Å²) in [4.78, 5) is 0. The second kappa shape index (κ2) is 6.19. The SMILES string of the molecule is F[P-](F)(F)(F)(F)F.c1ccc(C[n+]2ccn(-c3ccccc3)c2)cc1. The number of nitrogens with zero attached hydrogens (tertiary/aromatic N) is 2. The van der Waals surface area contributed by atoms with Crippen LogP contribution in [0.5, 0.6) is 0 Å². The van der Waals surface area contributed by atoms with E-state index >= 15 is 0 Å². The fourth-order valence-electron chi connectivity index (χ4n) is 2.03. The zero-order chi connectivity index (χ0) is 18.6. The summed E-state index contributed by atoms with van der Waals surface area (Å²) in [7, 11) is -10.7. The number of rotatable bonds is 3. The summed E-state index contributed by atoms with van der Waals surface area (Å²) in [6, 6.07) is 20.8. The minimum Gasteiger partial charge on any atom is -0.232 e. The molecule has 1 aromatic heterocycles. The van der Waals surface area contributed by atoms with Crippen LogP contribution in [0.3, 0.4) is 0 Å². The van der Waals surface area contributed by atoms with Gasteiger partial charge in [-0.15, -0.1) is 0 Å². The summed E-state index contributed by atoms with van der Waals surface area (Å²) in [6.45, 7) is 0.903. The van der Waals surface area contributed by atoms with Crippen molar-refractivity contribution in [2.24, 2.45) is 0 Å². The molecule has 2 nitrogen and oxygen atoms in total. The van der Waals surface area contributed by atoms with Gasteiger partial charge in [0.25, 0.3) is 0 Å². The molecule has 0 N–H and O–H groups in total. The average molecular weight is 380 g/mol. The minimum absolute atomic E-state index is 0.903. The van der Waals surface area contributed by atoms with Crippen molar-refractivity contribution in [3.05, 3.63) is 84.9 Å². The van der Waals surface area contributed by atoms with E-state index in [1.165, 1.54) is 11.3 Å². The van der Waals surface area contributed by atoms with Gasteiger partial charge in [-0.2, -0.15) is 0 Å². The van der Waals surface area contributed by atoms with Crippen LogP contribution in [0.1, 0.15) is 5.56 Å². The van der Waals surface area contributed by atoms with Crippen LogP contribution < -0.4 is 4.57 Å². The molecule has 0 bridgehead atoms. The van der Waals surface area contributed by atoms with Crippen LogP contribution in [0.4, 0.5) is 25.2 Å². The fraction of sp³-hybridized carbons (Fsp3) is 0.0625. The molecular weight excluding hydrogens is 365 g/mol. The van der Waals surface area contributed by atoms with E-state index in [0.717, 1.165) is 6.54 Å². The minimum atomic E-state index is -10.7. The van der Waals surface area contributed by atoms with Crippen LogP contribution in [-0.4, -0.2) is 4.57 Å². The topological polar surface area (TPSA) is 8.81 Å². The summed E-state index contributed by atoms with van der Waals surface area (Å²) in [5.74, 6) is 0. The first-order valence-electron chi connectivity index (χ1n) is 7.10. The van der Waals surface area contributed by atoms with Crippen molar-refractivity contribution in [2.75, 3.05) is 0 Å². The smallest absolute Gasteiger partial charge is 0.232 e. The Balaban J connectivity index is 0.000000277. The van der Waals surface area contributed by atoms with Crippen molar-refractivity contribution in [2.45, 2.75) is 6.54 Å². The molecule has 0 aliphatic carbocycles. The zero-order valence-electron chi connectivity index (χ0n) is 12.8. The Morgan fingerprint density at radius 1 is 0.760 bits per heavy atom. The Hall–Kier alpha value is -2.34. The monoisotopic (exact) mass is 380 g/mol. The van der Waals surface area contributed by atoms with E-state index < -0.39 is 7.81 Å². The van der Waals surface area contributed by atoms with Gasteiger partial charge in [0.05, 0.1) is 0 Å². The van der Waals surface area contributed by atoms with Crippen molar-refractivity contribution in [1.29, 1.82) is 0 Å². The first-order chi connectivity index (χ1) is 11.4. The van der Waals surface area contributed by atoms with Crippen LogP contribution in [0.2, 0.25) is 0 Å². The Labute approximate surface area is 140 Å². The zero-order valence-corrected chi connectivity index (χ0v) is 13.7.